The number of benzene rings is 1. The Bertz CT molecular complexity index is 544. The Kier molecular flexibility index (Phi) is 4.70. The Morgan fingerprint density at radius 1 is 1.22 bits per heavy atom. The number of carbonyl (C=O) groups excluding carboxylic acids is 2. The second kappa shape index (κ2) is 5.67. The number of ketones is 1. The molecular weight excluding hydrogens is 272 g/mol. The van der Waals surface area contributed by atoms with Gasteiger partial charge in [-0.05, 0) is 31.0 Å². The molecule has 0 bridgehead atoms. The van der Waals surface area contributed by atoms with Gasteiger partial charge in [0.1, 0.15) is 5.78 Å². The first-order valence-electron chi connectivity index (χ1n) is 5.24. The zero-order valence-corrected chi connectivity index (χ0v) is 11.8. The number of Topliss-reactive ketones (excluding diaryl/α,β-unsaturated/α-hetero) is 1. The van der Waals surface area contributed by atoms with Crippen molar-refractivity contribution in [2.24, 2.45) is 5.92 Å². The van der Waals surface area contributed by atoms with Gasteiger partial charge in [-0.3, -0.25) is 9.59 Å². The van der Waals surface area contributed by atoms with E-state index < -0.39 is 20.9 Å². The van der Waals surface area contributed by atoms with E-state index >= 15 is 0 Å². The molecule has 4 nitrogen and oxygen atoms in total. The van der Waals surface area contributed by atoms with Gasteiger partial charge in [0.2, 0.25) is 0 Å². The van der Waals surface area contributed by atoms with Crippen molar-refractivity contribution in [1.29, 1.82) is 0 Å². The van der Waals surface area contributed by atoms with E-state index in [1.54, 1.807) is 12.1 Å². The van der Waals surface area contributed by atoms with E-state index in [-0.39, 0.29) is 17.1 Å². The fourth-order valence-corrected chi connectivity index (χ4v) is 2.42. The molecule has 0 saturated carbocycles. The molecule has 0 spiro atoms. The average Bonchev–Trinajstić information content (AvgIpc) is 2.24. The molecule has 1 rings (SSSR count). The quantitative estimate of drug-likeness (QED) is 0.654. The van der Waals surface area contributed by atoms with Crippen LogP contribution in [0, 0.1) is 5.92 Å². The van der Waals surface area contributed by atoms with Crippen LogP contribution in [-0.2, 0) is 25.8 Å². The summed E-state index contributed by atoms with van der Waals surface area (Å²) in [7, 11) is -3.23. The Labute approximate surface area is 112 Å². The fourth-order valence-electron chi connectivity index (χ4n) is 1.51. The molecule has 0 aromatic heterocycles. The summed E-state index contributed by atoms with van der Waals surface area (Å²) in [6.07, 6.45) is 1.36. The summed E-state index contributed by atoms with van der Waals surface area (Å²) in [6, 6.07) is 6.13. The van der Waals surface area contributed by atoms with E-state index in [1.165, 1.54) is 19.1 Å². The lowest BCUT2D eigenvalue weighted by molar-refractivity contribution is -0.126. The van der Waals surface area contributed by atoms with Gasteiger partial charge in [0.15, 0.2) is 15.0 Å². The van der Waals surface area contributed by atoms with Crippen molar-refractivity contribution in [1.82, 2.24) is 0 Å². The summed E-state index contributed by atoms with van der Waals surface area (Å²) >= 11 is 3.67. The maximum atomic E-state index is 11.3. The van der Waals surface area contributed by atoms with E-state index in [0.29, 0.717) is 0 Å². The highest BCUT2D eigenvalue weighted by molar-refractivity contribution is 7.96. The van der Waals surface area contributed by atoms with Crippen LogP contribution >= 0.6 is 12.6 Å². The molecule has 0 aliphatic heterocycles. The molecular formula is C12H14O4S2. The van der Waals surface area contributed by atoms with E-state index in [0.717, 1.165) is 11.8 Å². The van der Waals surface area contributed by atoms with Crippen LogP contribution in [0.1, 0.15) is 12.5 Å². The van der Waals surface area contributed by atoms with E-state index in [4.69, 9.17) is 0 Å². The van der Waals surface area contributed by atoms with Crippen molar-refractivity contribution in [3.8, 4) is 0 Å². The van der Waals surface area contributed by atoms with Crippen molar-refractivity contribution in [3.63, 3.8) is 0 Å². The second-order valence-corrected chi connectivity index (χ2v) is 6.58. The smallest absolute Gasteiger partial charge is 0.196 e. The van der Waals surface area contributed by atoms with E-state index in [2.05, 4.69) is 12.6 Å². The minimum atomic E-state index is -3.23. The normalized spacial score (nSPS) is 13.1. The Morgan fingerprint density at radius 3 is 2.06 bits per heavy atom. The Hall–Kier alpha value is -1.14. The molecule has 0 aliphatic carbocycles. The van der Waals surface area contributed by atoms with Crippen LogP contribution in [0.2, 0.25) is 0 Å². The topological polar surface area (TPSA) is 68.3 Å². The first-order valence-corrected chi connectivity index (χ1v) is 7.58. The SMILES string of the molecule is CC(=O)C(Cc1ccc(S(C)(=O)=O)cc1)C(=O)S. The number of thiol groups is 1. The number of sulfone groups is 1. The molecule has 6 heteroatoms. The molecule has 1 aromatic rings. The lowest BCUT2D eigenvalue weighted by Gasteiger charge is -2.09. The van der Waals surface area contributed by atoms with Crippen molar-refractivity contribution in [2.75, 3.05) is 6.26 Å². The fraction of sp³-hybridized carbons (Fsp3) is 0.333. The van der Waals surface area contributed by atoms with Gasteiger partial charge in [-0.15, -0.1) is 12.6 Å². The maximum Gasteiger partial charge on any atom is 0.196 e. The van der Waals surface area contributed by atoms with Crippen molar-refractivity contribution >= 4 is 33.4 Å². The minimum Gasteiger partial charge on any atom is -0.299 e. The first kappa shape index (κ1) is 14.9. The molecule has 98 valence electrons. The lowest BCUT2D eigenvalue weighted by Crippen LogP contribution is -2.20. The summed E-state index contributed by atoms with van der Waals surface area (Å²) in [5, 5.41) is -0.477. The first-order chi connectivity index (χ1) is 8.21. The van der Waals surface area contributed by atoms with Gasteiger partial charge in [-0.2, -0.15) is 0 Å². The van der Waals surface area contributed by atoms with Gasteiger partial charge in [0.05, 0.1) is 10.8 Å². The third-order valence-electron chi connectivity index (χ3n) is 2.58. The van der Waals surface area contributed by atoms with Crippen LogP contribution in [0.5, 0.6) is 0 Å². The average molecular weight is 286 g/mol. The Morgan fingerprint density at radius 2 is 1.72 bits per heavy atom. The number of hydrogen-bond acceptors (Lipinski definition) is 4. The molecule has 0 heterocycles. The predicted octanol–water partition coefficient (Wildman–Crippen LogP) is 1.29. The van der Waals surface area contributed by atoms with Crippen LogP contribution in [-0.4, -0.2) is 25.6 Å². The summed E-state index contributed by atoms with van der Waals surface area (Å²) in [4.78, 5) is 22.6. The summed E-state index contributed by atoms with van der Waals surface area (Å²) in [5.74, 6) is -1.03. The highest BCUT2D eigenvalue weighted by atomic mass is 32.2. The molecule has 1 aromatic carbocycles. The number of hydrogen-bond donors (Lipinski definition) is 1. The van der Waals surface area contributed by atoms with Gasteiger partial charge in [-0.25, -0.2) is 8.42 Å². The molecule has 0 radical (unpaired) electrons. The van der Waals surface area contributed by atoms with Crippen LogP contribution in [0.15, 0.2) is 29.2 Å². The summed E-state index contributed by atoms with van der Waals surface area (Å²) in [5.41, 5.74) is 0.727. The van der Waals surface area contributed by atoms with Gasteiger partial charge in [-0.1, -0.05) is 12.1 Å². The molecule has 0 amide bonds. The van der Waals surface area contributed by atoms with Gasteiger partial charge in [0, 0.05) is 6.26 Å². The van der Waals surface area contributed by atoms with Crippen LogP contribution in [0.25, 0.3) is 0 Å². The van der Waals surface area contributed by atoms with Crippen LogP contribution in [0.4, 0.5) is 0 Å². The summed E-state index contributed by atoms with van der Waals surface area (Å²) in [6.45, 7) is 1.34. The highest BCUT2D eigenvalue weighted by Gasteiger charge is 2.20. The van der Waals surface area contributed by atoms with Gasteiger partial charge in [0.25, 0.3) is 0 Å². The van der Waals surface area contributed by atoms with Gasteiger partial charge < -0.3 is 0 Å². The molecule has 1 atom stereocenters. The highest BCUT2D eigenvalue weighted by Crippen LogP contribution is 2.16. The van der Waals surface area contributed by atoms with Gasteiger partial charge >= 0.3 is 0 Å². The number of rotatable bonds is 5. The molecule has 0 N–H and O–H groups in total. The van der Waals surface area contributed by atoms with Crippen LogP contribution in [0.3, 0.4) is 0 Å². The number of carbonyl (C=O) groups is 2. The molecule has 0 aliphatic rings. The predicted molar refractivity (Wildman–Crippen MR) is 71.4 cm³/mol. The third kappa shape index (κ3) is 3.96. The molecule has 18 heavy (non-hydrogen) atoms. The molecule has 0 saturated heterocycles. The van der Waals surface area contributed by atoms with E-state index in [1.807, 2.05) is 0 Å². The maximum absolute atomic E-state index is 11.3. The van der Waals surface area contributed by atoms with Crippen LogP contribution < -0.4 is 0 Å². The van der Waals surface area contributed by atoms with E-state index in [9.17, 15) is 18.0 Å². The van der Waals surface area contributed by atoms with Crippen molar-refractivity contribution in [3.05, 3.63) is 29.8 Å². The second-order valence-electron chi connectivity index (χ2n) is 4.12. The monoisotopic (exact) mass is 286 g/mol. The lowest BCUT2D eigenvalue weighted by atomic mass is 9.97. The van der Waals surface area contributed by atoms with Crippen molar-refractivity contribution < 1.29 is 18.0 Å². The summed E-state index contributed by atoms with van der Waals surface area (Å²) < 4.78 is 22.5. The minimum absolute atomic E-state index is 0.211. The van der Waals surface area contributed by atoms with Crippen molar-refractivity contribution in [2.45, 2.75) is 18.2 Å². The largest absolute Gasteiger partial charge is 0.299 e. The molecule has 0 fully saturated rings. The Balaban J connectivity index is 2.93. The zero-order valence-electron chi connectivity index (χ0n) is 10.1. The zero-order chi connectivity index (χ0) is 13.9. The standard InChI is InChI=1S/C12H14O4S2/c1-8(13)11(12(14)17)7-9-3-5-10(6-4-9)18(2,15)16/h3-6,11H,7H2,1-2H3,(H,14,17). The molecule has 1 unspecified atom stereocenters. The third-order valence-corrected chi connectivity index (χ3v) is 4.02.